The summed E-state index contributed by atoms with van der Waals surface area (Å²) in [6.45, 7) is 8.50. The highest BCUT2D eigenvalue weighted by Gasteiger charge is 2.27. The summed E-state index contributed by atoms with van der Waals surface area (Å²) < 4.78 is 48.3. The Hall–Kier alpha value is -3.27. The molecule has 202 valence electrons. The number of fused-ring (bicyclic) bond motifs is 1. The average Bonchev–Trinajstić information content (AvgIpc) is 2.87. The zero-order valence-electron chi connectivity index (χ0n) is 20.9. The number of piperazine rings is 1. The second kappa shape index (κ2) is 11.2. The van der Waals surface area contributed by atoms with E-state index in [2.05, 4.69) is 21.6 Å². The van der Waals surface area contributed by atoms with Crippen molar-refractivity contribution in [2.45, 2.75) is 0 Å². The molecule has 2 N–H and O–H groups in total. The lowest BCUT2D eigenvalue weighted by Gasteiger charge is -2.35. The molecular weight excluding hydrogens is 539 g/mol. The van der Waals surface area contributed by atoms with Crippen molar-refractivity contribution < 1.29 is 28.0 Å². The molecule has 1 aliphatic heterocycles. The van der Waals surface area contributed by atoms with Crippen LogP contribution in [0, 0.1) is 11.6 Å². The van der Waals surface area contributed by atoms with Crippen molar-refractivity contribution in [2.24, 2.45) is 0 Å². The van der Waals surface area contributed by atoms with E-state index < -0.39 is 24.7 Å². The van der Waals surface area contributed by atoms with Crippen LogP contribution in [0.25, 0.3) is 22.0 Å². The maximum Gasteiger partial charge on any atom is 0.319 e. The molecule has 0 bridgehead atoms. The number of aromatic nitrogens is 2. The molecule has 1 aromatic heterocycles. The molecule has 1 fully saturated rings. The molecule has 9 nitrogen and oxygen atoms in total. The summed E-state index contributed by atoms with van der Waals surface area (Å²) in [6.07, 6.45) is 1.25. The van der Waals surface area contributed by atoms with Crippen LogP contribution in [-0.4, -0.2) is 78.5 Å². The van der Waals surface area contributed by atoms with E-state index in [1.165, 1.54) is 24.3 Å². The van der Waals surface area contributed by atoms with Gasteiger partial charge in [-0.05, 0) is 24.3 Å². The van der Waals surface area contributed by atoms with Crippen molar-refractivity contribution in [3.63, 3.8) is 0 Å². The zero-order valence-corrected chi connectivity index (χ0v) is 22.5. The number of ether oxygens (including phenoxy) is 1. The quantitative estimate of drug-likeness (QED) is 0.237. The molecule has 1 amide bonds. The van der Waals surface area contributed by atoms with Crippen molar-refractivity contribution in [3.8, 4) is 22.9 Å². The fourth-order valence-corrected chi connectivity index (χ4v) is 5.10. The fourth-order valence-electron chi connectivity index (χ4n) is 4.18. The highest BCUT2D eigenvalue weighted by molar-refractivity contribution is 7.60. The third kappa shape index (κ3) is 5.90. The minimum Gasteiger partial charge on any atom is -0.507 e. The van der Waals surface area contributed by atoms with E-state index in [4.69, 9.17) is 16.3 Å². The first kappa shape index (κ1) is 27.8. The van der Waals surface area contributed by atoms with E-state index in [1.807, 2.05) is 4.90 Å². The Balaban J connectivity index is 1.79. The van der Waals surface area contributed by atoms with Crippen LogP contribution in [-0.2, 0) is 9.36 Å². The van der Waals surface area contributed by atoms with Gasteiger partial charge >= 0.3 is 6.01 Å². The number of aromatic hydroxyl groups is 1. The minimum atomic E-state index is -2.49. The second-order valence-corrected chi connectivity index (χ2v) is 12.5. The first-order valence-corrected chi connectivity index (χ1v) is 14.7. The van der Waals surface area contributed by atoms with Gasteiger partial charge in [-0.3, -0.25) is 9.88 Å². The normalized spacial score (nSPS) is 14.1. The Morgan fingerprint density at radius 3 is 2.58 bits per heavy atom. The Kier molecular flexibility index (Phi) is 8.20. The molecule has 3 aromatic rings. The number of nitrogens with zero attached hydrogens (tertiary/aromatic N) is 4. The van der Waals surface area contributed by atoms with E-state index >= 15 is 4.39 Å². The van der Waals surface area contributed by atoms with Gasteiger partial charge in [0.2, 0.25) is 5.91 Å². The molecule has 0 unspecified atom stereocenters. The molecule has 1 saturated heterocycles. The summed E-state index contributed by atoms with van der Waals surface area (Å²) >= 11 is 6.44. The number of rotatable bonds is 8. The number of phenols is 1. The van der Waals surface area contributed by atoms with Crippen molar-refractivity contribution in [1.29, 1.82) is 0 Å². The van der Waals surface area contributed by atoms with Crippen LogP contribution >= 0.6 is 18.9 Å². The first-order valence-electron chi connectivity index (χ1n) is 11.8. The van der Waals surface area contributed by atoms with Crippen LogP contribution < -0.4 is 14.7 Å². The number of anilines is 1. The van der Waals surface area contributed by atoms with E-state index in [0.717, 1.165) is 6.07 Å². The van der Waals surface area contributed by atoms with E-state index in [0.29, 0.717) is 32.0 Å². The molecule has 0 radical (unpaired) electrons. The Morgan fingerprint density at radius 1 is 1.24 bits per heavy atom. The van der Waals surface area contributed by atoms with Gasteiger partial charge in [-0.25, -0.2) is 8.78 Å². The smallest absolute Gasteiger partial charge is 0.319 e. The summed E-state index contributed by atoms with van der Waals surface area (Å²) in [5.41, 5.74) is -0.908. The number of nitrogens with one attached hydrogen (secondary N) is 1. The van der Waals surface area contributed by atoms with Gasteiger partial charge in [0.1, 0.15) is 36.8 Å². The molecule has 38 heavy (non-hydrogen) atoms. The first-order chi connectivity index (χ1) is 18.0. The van der Waals surface area contributed by atoms with E-state index in [1.54, 1.807) is 18.2 Å². The Labute approximate surface area is 223 Å². The summed E-state index contributed by atoms with van der Waals surface area (Å²) in [4.78, 5) is 24.2. The van der Waals surface area contributed by atoms with Gasteiger partial charge in [-0.2, -0.15) is 9.97 Å². The molecule has 0 spiro atoms. The molecule has 0 aliphatic carbocycles. The largest absolute Gasteiger partial charge is 0.507 e. The maximum absolute atomic E-state index is 16.0. The second-order valence-electron chi connectivity index (χ2n) is 9.03. The maximum atomic E-state index is 16.0. The predicted molar refractivity (Wildman–Crippen MR) is 144 cm³/mol. The summed E-state index contributed by atoms with van der Waals surface area (Å²) in [5.74, 6) is -2.15. The molecule has 4 rings (SSSR count). The molecule has 1 aliphatic rings. The van der Waals surface area contributed by atoms with Gasteiger partial charge in [-0.1, -0.05) is 24.2 Å². The number of hydrogen-bond donors (Lipinski definition) is 2. The monoisotopic (exact) mass is 565 g/mol. The average molecular weight is 566 g/mol. The lowest BCUT2D eigenvalue weighted by molar-refractivity contribution is -0.126. The standard InChI is InChI=1S/C25H27ClF2N5O4P/c1-4-19(35)32-9-11-33(12-10-32)24-15-14-16(26)20(21-17(27)6-5-7-18(21)34)22(28)23(15)30-25(31-24)37-13-8-29-38(2,3)36/h4-7,14,34H,1,8-13H2,2-3H3,(H,29,36). The van der Waals surface area contributed by atoms with Crippen molar-refractivity contribution in [3.05, 3.63) is 53.6 Å². The number of amides is 1. The Morgan fingerprint density at radius 2 is 1.95 bits per heavy atom. The predicted octanol–water partition coefficient (Wildman–Crippen LogP) is 4.27. The van der Waals surface area contributed by atoms with E-state index in [-0.39, 0.29) is 52.1 Å². The van der Waals surface area contributed by atoms with E-state index in [9.17, 15) is 18.9 Å². The molecular formula is C25H27ClF2N5O4P. The lowest BCUT2D eigenvalue weighted by Crippen LogP contribution is -2.48. The topological polar surface area (TPSA) is 108 Å². The van der Waals surface area contributed by atoms with Gasteiger partial charge in [0.15, 0.2) is 5.82 Å². The number of benzene rings is 2. The van der Waals surface area contributed by atoms with Crippen LogP contribution in [0.5, 0.6) is 11.8 Å². The molecule has 0 atom stereocenters. The summed E-state index contributed by atoms with van der Waals surface area (Å²) in [7, 11) is -2.49. The van der Waals surface area contributed by atoms with Crippen LogP contribution in [0.4, 0.5) is 14.6 Å². The number of carbonyl (C=O) groups is 1. The van der Waals surface area contributed by atoms with Gasteiger partial charge in [0.05, 0.1) is 10.6 Å². The number of halogens is 3. The van der Waals surface area contributed by atoms with Crippen molar-refractivity contribution in [2.75, 3.05) is 57.6 Å². The number of hydrogen-bond acceptors (Lipinski definition) is 7. The molecule has 0 saturated carbocycles. The van der Waals surface area contributed by atoms with Crippen LogP contribution in [0.15, 0.2) is 36.9 Å². The van der Waals surface area contributed by atoms with Crippen molar-refractivity contribution in [1.82, 2.24) is 20.0 Å². The van der Waals surface area contributed by atoms with Gasteiger partial charge < -0.3 is 24.2 Å². The molecule has 2 heterocycles. The highest BCUT2D eigenvalue weighted by atomic mass is 35.5. The zero-order chi connectivity index (χ0) is 27.6. The van der Waals surface area contributed by atoms with Gasteiger partial charge in [0, 0.05) is 57.0 Å². The van der Waals surface area contributed by atoms with Crippen LogP contribution in [0.2, 0.25) is 5.02 Å². The number of carbonyl (C=O) groups excluding carboxylic acids is 1. The van der Waals surface area contributed by atoms with Crippen LogP contribution in [0.3, 0.4) is 0 Å². The van der Waals surface area contributed by atoms with Crippen molar-refractivity contribution >= 4 is 41.5 Å². The third-order valence-corrected chi connectivity index (χ3v) is 7.26. The molecule has 13 heteroatoms. The summed E-state index contributed by atoms with van der Waals surface area (Å²) in [6, 6.07) is 4.89. The SMILES string of the molecule is C=CC(=O)N1CCN(c2nc(OCCNP(C)(C)=O)nc3c(F)c(-c4c(O)cccc4F)c(Cl)cc23)CC1. The minimum absolute atomic E-state index is 0.0500. The third-order valence-electron chi connectivity index (χ3n) is 5.98. The van der Waals surface area contributed by atoms with Gasteiger partial charge in [-0.15, -0.1) is 0 Å². The molecule has 2 aromatic carbocycles. The fraction of sp³-hybridized carbons (Fsp3) is 0.320. The Bertz CT molecular complexity index is 1420. The van der Waals surface area contributed by atoms with Gasteiger partial charge in [0.25, 0.3) is 0 Å². The highest BCUT2D eigenvalue weighted by Crippen LogP contribution is 2.42. The lowest BCUT2D eigenvalue weighted by atomic mass is 10.0. The summed E-state index contributed by atoms with van der Waals surface area (Å²) in [5, 5.41) is 13.2. The van der Waals surface area contributed by atoms with Crippen LogP contribution in [0.1, 0.15) is 0 Å². The number of phenolic OH excluding ortho intramolecular Hbond substituents is 1.